The van der Waals surface area contributed by atoms with Crippen molar-refractivity contribution >= 4 is 0 Å². The van der Waals surface area contributed by atoms with Crippen LogP contribution in [0.5, 0.6) is 0 Å². The first-order valence-electron chi connectivity index (χ1n) is 5.08. The third-order valence-electron chi connectivity index (χ3n) is 2.24. The van der Waals surface area contributed by atoms with Crippen LogP contribution in [-0.2, 0) is 4.74 Å². The maximum atomic E-state index is 13.4. The van der Waals surface area contributed by atoms with Gasteiger partial charge in [-0.25, -0.2) is 4.39 Å². The van der Waals surface area contributed by atoms with E-state index in [4.69, 9.17) is 10.6 Å². The summed E-state index contributed by atoms with van der Waals surface area (Å²) in [6, 6.07) is 6.42. The molecule has 0 saturated heterocycles. The van der Waals surface area contributed by atoms with Crippen molar-refractivity contribution in [1.29, 1.82) is 0 Å². The first-order valence-corrected chi connectivity index (χ1v) is 5.08. The number of benzene rings is 1. The lowest BCUT2D eigenvalue weighted by Crippen LogP contribution is -2.29. The quantitative estimate of drug-likeness (QED) is 0.429. The molecule has 3 N–H and O–H groups in total. The summed E-state index contributed by atoms with van der Waals surface area (Å²) in [5.41, 5.74) is 3.18. The zero-order valence-corrected chi connectivity index (χ0v) is 8.87. The smallest absolute Gasteiger partial charge is 0.128 e. The zero-order chi connectivity index (χ0) is 11.1. The molecule has 0 aliphatic heterocycles. The first kappa shape index (κ1) is 12.1. The minimum Gasteiger partial charge on any atom is -0.382 e. The first-order chi connectivity index (χ1) is 7.29. The van der Waals surface area contributed by atoms with E-state index in [1.807, 2.05) is 6.92 Å². The fourth-order valence-electron chi connectivity index (χ4n) is 1.43. The molecule has 84 valence electrons. The van der Waals surface area contributed by atoms with Crippen LogP contribution in [0.4, 0.5) is 4.39 Å². The molecular formula is C11H17FN2O. The van der Waals surface area contributed by atoms with Crippen LogP contribution >= 0.6 is 0 Å². The Morgan fingerprint density at radius 2 is 2.20 bits per heavy atom. The molecule has 0 bridgehead atoms. The van der Waals surface area contributed by atoms with Crippen molar-refractivity contribution in [3.8, 4) is 0 Å². The van der Waals surface area contributed by atoms with Crippen molar-refractivity contribution in [2.24, 2.45) is 5.84 Å². The molecule has 0 spiro atoms. The van der Waals surface area contributed by atoms with E-state index in [1.165, 1.54) is 6.07 Å². The van der Waals surface area contributed by atoms with Crippen LogP contribution in [-0.4, -0.2) is 13.2 Å². The van der Waals surface area contributed by atoms with Gasteiger partial charge in [0.1, 0.15) is 5.82 Å². The van der Waals surface area contributed by atoms with Crippen LogP contribution in [0.1, 0.15) is 24.9 Å². The molecule has 0 radical (unpaired) electrons. The lowest BCUT2D eigenvalue weighted by molar-refractivity contribution is 0.136. The van der Waals surface area contributed by atoms with Crippen LogP contribution < -0.4 is 11.3 Å². The Balaban J connectivity index is 2.61. The zero-order valence-electron chi connectivity index (χ0n) is 8.87. The van der Waals surface area contributed by atoms with E-state index in [9.17, 15) is 4.39 Å². The average Bonchev–Trinajstić information content (AvgIpc) is 2.26. The fourth-order valence-corrected chi connectivity index (χ4v) is 1.43. The molecule has 0 amide bonds. The van der Waals surface area contributed by atoms with E-state index in [0.717, 1.165) is 0 Å². The van der Waals surface area contributed by atoms with Crippen molar-refractivity contribution < 1.29 is 9.13 Å². The van der Waals surface area contributed by atoms with Crippen molar-refractivity contribution in [3.05, 3.63) is 35.6 Å². The molecule has 1 unspecified atom stereocenters. The minimum atomic E-state index is -0.239. The summed E-state index contributed by atoms with van der Waals surface area (Å²) in [6.07, 6.45) is 0.658. The van der Waals surface area contributed by atoms with Crippen LogP contribution in [0.3, 0.4) is 0 Å². The highest BCUT2D eigenvalue weighted by molar-refractivity contribution is 5.20. The molecular weight excluding hydrogens is 195 g/mol. The predicted molar refractivity (Wildman–Crippen MR) is 57.6 cm³/mol. The van der Waals surface area contributed by atoms with Gasteiger partial charge in [0.25, 0.3) is 0 Å². The Morgan fingerprint density at radius 3 is 2.80 bits per heavy atom. The Morgan fingerprint density at radius 1 is 1.47 bits per heavy atom. The third-order valence-corrected chi connectivity index (χ3v) is 2.24. The van der Waals surface area contributed by atoms with Gasteiger partial charge in [-0.2, -0.15) is 0 Å². The Hall–Kier alpha value is -0.970. The van der Waals surface area contributed by atoms with Gasteiger partial charge in [0.2, 0.25) is 0 Å². The molecule has 0 aliphatic rings. The largest absolute Gasteiger partial charge is 0.382 e. The summed E-state index contributed by atoms with van der Waals surface area (Å²) in [5, 5.41) is 0. The Kier molecular flexibility index (Phi) is 5.25. The fraction of sp³-hybridized carbons (Fsp3) is 0.455. The molecule has 0 heterocycles. The van der Waals surface area contributed by atoms with Crippen LogP contribution in [0.15, 0.2) is 24.3 Å². The van der Waals surface area contributed by atoms with Gasteiger partial charge in [-0.3, -0.25) is 11.3 Å². The number of halogens is 1. The predicted octanol–water partition coefficient (Wildman–Crippen LogP) is 1.76. The van der Waals surface area contributed by atoms with Gasteiger partial charge in [-0.1, -0.05) is 18.2 Å². The standard InChI is InChI=1S/C11H17FN2O/c1-2-15-8-7-11(14-13)9-5-3-4-6-10(9)12/h3-6,11,14H,2,7-8,13H2,1H3. The van der Waals surface area contributed by atoms with Crippen LogP contribution in [0.25, 0.3) is 0 Å². The molecule has 15 heavy (non-hydrogen) atoms. The summed E-state index contributed by atoms with van der Waals surface area (Å²) in [4.78, 5) is 0. The highest BCUT2D eigenvalue weighted by Gasteiger charge is 2.13. The number of hydrogen-bond acceptors (Lipinski definition) is 3. The number of nitrogens with one attached hydrogen (secondary N) is 1. The number of hydrogen-bond donors (Lipinski definition) is 2. The van der Waals surface area contributed by atoms with E-state index < -0.39 is 0 Å². The Bertz CT molecular complexity index is 294. The van der Waals surface area contributed by atoms with E-state index >= 15 is 0 Å². The molecule has 1 aromatic carbocycles. The lowest BCUT2D eigenvalue weighted by Gasteiger charge is -2.16. The minimum absolute atomic E-state index is 0.197. The van der Waals surface area contributed by atoms with Gasteiger partial charge in [-0.05, 0) is 19.4 Å². The van der Waals surface area contributed by atoms with Gasteiger partial charge in [0, 0.05) is 18.8 Å². The summed E-state index contributed by atoms with van der Waals surface area (Å²) < 4.78 is 18.6. The Labute approximate surface area is 89.4 Å². The van der Waals surface area contributed by atoms with Crippen molar-refractivity contribution in [2.45, 2.75) is 19.4 Å². The van der Waals surface area contributed by atoms with E-state index in [-0.39, 0.29) is 11.9 Å². The second kappa shape index (κ2) is 6.50. The number of hydrazine groups is 1. The second-order valence-electron chi connectivity index (χ2n) is 3.23. The molecule has 3 nitrogen and oxygen atoms in total. The molecule has 4 heteroatoms. The van der Waals surface area contributed by atoms with Gasteiger partial charge < -0.3 is 4.74 Å². The molecule has 0 fully saturated rings. The highest BCUT2D eigenvalue weighted by Crippen LogP contribution is 2.18. The number of rotatable bonds is 6. The summed E-state index contributed by atoms with van der Waals surface area (Å²) in [6.45, 7) is 3.16. The van der Waals surface area contributed by atoms with Crippen molar-refractivity contribution in [2.75, 3.05) is 13.2 Å². The molecule has 0 saturated carbocycles. The molecule has 0 aliphatic carbocycles. The number of ether oxygens (including phenoxy) is 1. The van der Waals surface area contributed by atoms with Crippen molar-refractivity contribution in [1.82, 2.24) is 5.43 Å². The van der Waals surface area contributed by atoms with E-state index in [1.54, 1.807) is 18.2 Å². The maximum Gasteiger partial charge on any atom is 0.128 e. The highest BCUT2D eigenvalue weighted by atomic mass is 19.1. The van der Waals surface area contributed by atoms with Crippen LogP contribution in [0, 0.1) is 5.82 Å². The maximum absolute atomic E-state index is 13.4. The lowest BCUT2D eigenvalue weighted by atomic mass is 10.0. The van der Waals surface area contributed by atoms with Crippen molar-refractivity contribution in [3.63, 3.8) is 0 Å². The number of nitrogens with two attached hydrogens (primary N) is 1. The molecule has 1 aromatic rings. The van der Waals surface area contributed by atoms with Gasteiger partial charge in [0.05, 0.1) is 6.04 Å². The third kappa shape index (κ3) is 3.58. The van der Waals surface area contributed by atoms with E-state index in [0.29, 0.717) is 25.2 Å². The summed E-state index contributed by atoms with van der Waals surface area (Å²) in [7, 11) is 0. The van der Waals surface area contributed by atoms with Gasteiger partial charge >= 0.3 is 0 Å². The SMILES string of the molecule is CCOCCC(NN)c1ccccc1F. The summed E-state index contributed by atoms with van der Waals surface area (Å²) >= 11 is 0. The van der Waals surface area contributed by atoms with E-state index in [2.05, 4.69) is 5.43 Å². The van der Waals surface area contributed by atoms with Gasteiger partial charge in [-0.15, -0.1) is 0 Å². The molecule has 0 aromatic heterocycles. The topological polar surface area (TPSA) is 47.3 Å². The van der Waals surface area contributed by atoms with Crippen LogP contribution in [0.2, 0.25) is 0 Å². The summed E-state index contributed by atoms with van der Waals surface area (Å²) in [5.74, 6) is 5.14. The molecule has 1 rings (SSSR count). The monoisotopic (exact) mass is 212 g/mol. The second-order valence-corrected chi connectivity index (χ2v) is 3.23. The normalized spacial score (nSPS) is 12.7. The average molecular weight is 212 g/mol. The van der Waals surface area contributed by atoms with Gasteiger partial charge in [0.15, 0.2) is 0 Å². The molecule has 1 atom stereocenters.